The molecular weight excluding hydrogens is 280 g/mol. The molecule has 1 amide bonds. The summed E-state index contributed by atoms with van der Waals surface area (Å²) in [6.07, 6.45) is 1.35. The largest absolute Gasteiger partial charge is 0.273 e. The molecule has 0 saturated carbocycles. The Morgan fingerprint density at radius 3 is 3.06 bits per heavy atom. The van der Waals surface area contributed by atoms with Crippen molar-refractivity contribution in [1.29, 1.82) is 0 Å². The lowest BCUT2D eigenvalue weighted by Gasteiger charge is -2.12. The molecule has 1 aromatic carbocycles. The van der Waals surface area contributed by atoms with Gasteiger partial charge in [-0.2, -0.15) is 5.10 Å². The highest BCUT2D eigenvalue weighted by atomic mass is 79.9. The molecule has 1 N–H and O–H groups in total. The van der Waals surface area contributed by atoms with Crippen LogP contribution in [0.3, 0.4) is 0 Å². The van der Waals surface area contributed by atoms with Gasteiger partial charge in [0.15, 0.2) is 0 Å². The van der Waals surface area contributed by atoms with Crippen LogP contribution in [0.5, 0.6) is 0 Å². The van der Waals surface area contributed by atoms with Gasteiger partial charge in [-0.1, -0.05) is 35.0 Å². The molecule has 0 saturated heterocycles. The second-order valence-corrected chi connectivity index (χ2v) is 5.00. The number of rotatable bonds is 1. The molecule has 0 bridgehead atoms. The number of fused-ring (bicyclic) bond motifs is 3. The Balaban J connectivity index is 2.30. The smallest absolute Gasteiger partial charge is 0.244 e. The number of hydrazone groups is 1. The summed E-state index contributed by atoms with van der Waals surface area (Å²) in [5.41, 5.74) is 8.12. The maximum Gasteiger partial charge on any atom is 0.244 e. The zero-order chi connectivity index (χ0) is 12.0. The van der Waals surface area contributed by atoms with Crippen LogP contribution in [-0.2, 0) is 4.79 Å². The summed E-state index contributed by atoms with van der Waals surface area (Å²) in [5.74, 6) is -0.0290. The molecule has 0 radical (unpaired) electrons. The van der Waals surface area contributed by atoms with Crippen LogP contribution in [0.2, 0.25) is 0 Å². The number of hydrogen-bond acceptors (Lipinski definition) is 2. The van der Waals surface area contributed by atoms with Gasteiger partial charge in [0.2, 0.25) is 5.91 Å². The van der Waals surface area contributed by atoms with Crippen LogP contribution in [0.1, 0.15) is 30.9 Å². The van der Waals surface area contributed by atoms with E-state index in [-0.39, 0.29) is 5.91 Å². The first-order valence-electron chi connectivity index (χ1n) is 5.60. The van der Waals surface area contributed by atoms with E-state index in [4.69, 9.17) is 0 Å². The summed E-state index contributed by atoms with van der Waals surface area (Å²) < 4.78 is 1.07. The van der Waals surface area contributed by atoms with Crippen molar-refractivity contribution >= 4 is 33.1 Å². The average Bonchev–Trinajstić information content (AvgIpc) is 2.63. The van der Waals surface area contributed by atoms with Crippen molar-refractivity contribution in [3.05, 3.63) is 39.4 Å². The maximum absolute atomic E-state index is 11.4. The summed E-state index contributed by atoms with van der Waals surface area (Å²) in [5, 5.41) is 4.19. The van der Waals surface area contributed by atoms with Crippen LogP contribution in [0.15, 0.2) is 33.3 Å². The summed E-state index contributed by atoms with van der Waals surface area (Å²) in [6.45, 7) is 2.11. The van der Waals surface area contributed by atoms with Crippen molar-refractivity contribution in [2.24, 2.45) is 5.10 Å². The Hall–Kier alpha value is -1.42. The molecule has 4 heteroatoms. The topological polar surface area (TPSA) is 41.5 Å². The van der Waals surface area contributed by atoms with Gasteiger partial charge in [0, 0.05) is 15.6 Å². The lowest BCUT2D eigenvalue weighted by molar-refractivity contribution is -0.120. The number of carbonyl (C=O) groups excluding carboxylic acids is 1. The number of halogens is 1. The SMILES string of the molecule is CCC1=C2CC(=O)NN=C2c2cccc(Br)c21. The average molecular weight is 291 g/mol. The van der Waals surface area contributed by atoms with Gasteiger partial charge in [0.1, 0.15) is 0 Å². The number of amides is 1. The minimum Gasteiger partial charge on any atom is -0.273 e. The van der Waals surface area contributed by atoms with E-state index in [1.165, 1.54) is 11.1 Å². The van der Waals surface area contributed by atoms with Gasteiger partial charge < -0.3 is 0 Å². The van der Waals surface area contributed by atoms with E-state index >= 15 is 0 Å². The molecule has 0 aromatic heterocycles. The first-order chi connectivity index (χ1) is 8.22. The van der Waals surface area contributed by atoms with Crippen LogP contribution in [0.4, 0.5) is 0 Å². The van der Waals surface area contributed by atoms with Gasteiger partial charge in [0.25, 0.3) is 0 Å². The first-order valence-corrected chi connectivity index (χ1v) is 6.40. The standard InChI is InChI=1S/C13H11BrN2O/c1-2-7-9-6-11(17)15-16-13(9)8-4-3-5-10(14)12(7)8/h3-5H,2,6H2,1H3,(H,15,17). The third kappa shape index (κ3) is 1.47. The second kappa shape index (κ2) is 3.81. The highest BCUT2D eigenvalue weighted by Gasteiger charge is 2.31. The predicted molar refractivity (Wildman–Crippen MR) is 70.6 cm³/mol. The van der Waals surface area contributed by atoms with E-state index in [1.807, 2.05) is 12.1 Å². The Morgan fingerprint density at radius 1 is 1.47 bits per heavy atom. The molecule has 0 spiro atoms. The van der Waals surface area contributed by atoms with Gasteiger partial charge in [-0.15, -0.1) is 0 Å². The number of nitrogens with zero attached hydrogens (tertiary/aromatic N) is 1. The maximum atomic E-state index is 11.4. The fraction of sp³-hybridized carbons (Fsp3) is 0.231. The number of benzene rings is 1. The third-order valence-corrected chi connectivity index (χ3v) is 3.86. The monoisotopic (exact) mass is 290 g/mol. The molecule has 1 aliphatic heterocycles. The lowest BCUT2D eigenvalue weighted by Crippen LogP contribution is -2.26. The normalized spacial score (nSPS) is 17.5. The fourth-order valence-electron chi connectivity index (χ4n) is 2.51. The van der Waals surface area contributed by atoms with Crippen LogP contribution < -0.4 is 5.43 Å². The van der Waals surface area contributed by atoms with E-state index < -0.39 is 0 Å². The van der Waals surface area contributed by atoms with Crippen molar-refractivity contribution < 1.29 is 4.79 Å². The molecule has 1 aliphatic carbocycles. The van der Waals surface area contributed by atoms with Gasteiger partial charge in [0.05, 0.1) is 12.1 Å². The molecule has 3 nitrogen and oxygen atoms in total. The van der Waals surface area contributed by atoms with Gasteiger partial charge in [-0.05, 0) is 23.6 Å². The zero-order valence-corrected chi connectivity index (χ0v) is 11.0. The second-order valence-electron chi connectivity index (χ2n) is 4.15. The Morgan fingerprint density at radius 2 is 2.29 bits per heavy atom. The quantitative estimate of drug-likeness (QED) is 0.849. The van der Waals surface area contributed by atoms with E-state index in [0.717, 1.165) is 27.7 Å². The van der Waals surface area contributed by atoms with Gasteiger partial charge in [-0.3, -0.25) is 4.79 Å². The number of hydrogen-bond donors (Lipinski definition) is 1. The summed E-state index contributed by atoms with van der Waals surface area (Å²) >= 11 is 3.58. The molecule has 0 fully saturated rings. The Labute approximate surface area is 108 Å². The first kappa shape index (κ1) is 10.7. The van der Waals surface area contributed by atoms with Crippen LogP contribution in [0.25, 0.3) is 5.57 Å². The minimum absolute atomic E-state index is 0.0290. The van der Waals surface area contributed by atoms with Crippen LogP contribution in [-0.4, -0.2) is 11.6 Å². The lowest BCUT2D eigenvalue weighted by atomic mass is 10.0. The predicted octanol–water partition coefficient (Wildman–Crippen LogP) is 2.85. The Kier molecular flexibility index (Phi) is 2.40. The Bertz CT molecular complexity index is 587. The van der Waals surface area contributed by atoms with Crippen molar-refractivity contribution in [2.45, 2.75) is 19.8 Å². The molecule has 1 aromatic rings. The zero-order valence-electron chi connectivity index (χ0n) is 9.38. The van der Waals surface area contributed by atoms with Gasteiger partial charge in [-0.25, -0.2) is 5.43 Å². The van der Waals surface area contributed by atoms with Gasteiger partial charge >= 0.3 is 0 Å². The molecule has 0 atom stereocenters. The highest BCUT2D eigenvalue weighted by molar-refractivity contribution is 9.10. The molecule has 0 unspecified atom stereocenters. The molecule has 2 aliphatic rings. The fourth-order valence-corrected chi connectivity index (χ4v) is 3.12. The number of allylic oxidation sites excluding steroid dienone is 1. The van der Waals surface area contributed by atoms with Crippen molar-refractivity contribution in [1.82, 2.24) is 5.43 Å². The van der Waals surface area contributed by atoms with Crippen molar-refractivity contribution in [3.8, 4) is 0 Å². The van der Waals surface area contributed by atoms with E-state index in [1.54, 1.807) is 0 Å². The molecule has 1 heterocycles. The molecular formula is C13H11BrN2O. The molecule has 86 valence electrons. The van der Waals surface area contributed by atoms with Crippen LogP contribution >= 0.6 is 15.9 Å². The highest BCUT2D eigenvalue weighted by Crippen LogP contribution is 2.41. The minimum atomic E-state index is -0.0290. The van der Waals surface area contributed by atoms with E-state index in [0.29, 0.717) is 6.42 Å². The summed E-state index contributed by atoms with van der Waals surface area (Å²) in [6, 6.07) is 6.08. The van der Waals surface area contributed by atoms with Crippen LogP contribution in [0, 0.1) is 0 Å². The van der Waals surface area contributed by atoms with Crippen molar-refractivity contribution in [2.75, 3.05) is 0 Å². The number of carbonyl (C=O) groups is 1. The third-order valence-electron chi connectivity index (χ3n) is 3.20. The van der Waals surface area contributed by atoms with E-state index in [9.17, 15) is 4.79 Å². The van der Waals surface area contributed by atoms with Crippen molar-refractivity contribution in [3.63, 3.8) is 0 Å². The summed E-state index contributed by atoms with van der Waals surface area (Å²) in [4.78, 5) is 11.4. The van der Waals surface area contributed by atoms with E-state index in [2.05, 4.69) is 39.4 Å². The molecule has 17 heavy (non-hydrogen) atoms. The number of nitrogens with one attached hydrogen (secondary N) is 1. The summed E-state index contributed by atoms with van der Waals surface area (Å²) in [7, 11) is 0. The molecule has 3 rings (SSSR count).